The third-order valence-electron chi connectivity index (χ3n) is 5.24. The second kappa shape index (κ2) is 6.10. The highest BCUT2D eigenvalue weighted by atomic mass is 16.4. The lowest BCUT2D eigenvalue weighted by atomic mass is 9.69. The second-order valence-corrected chi connectivity index (χ2v) is 7.21. The van der Waals surface area contributed by atoms with Crippen molar-refractivity contribution in [1.29, 1.82) is 0 Å². The Morgan fingerprint density at radius 2 is 1.91 bits per heavy atom. The van der Waals surface area contributed by atoms with Crippen molar-refractivity contribution < 1.29 is 9.52 Å². The van der Waals surface area contributed by atoms with Gasteiger partial charge in [0.15, 0.2) is 0 Å². The van der Waals surface area contributed by atoms with Crippen LogP contribution in [0, 0.1) is 19.3 Å². The summed E-state index contributed by atoms with van der Waals surface area (Å²) < 4.78 is 5.36. The second-order valence-electron chi connectivity index (χ2n) is 7.21. The summed E-state index contributed by atoms with van der Waals surface area (Å²) in [5, 5.41) is 10.6. The molecule has 1 N–H and O–H groups in total. The fourth-order valence-corrected chi connectivity index (χ4v) is 3.58. The number of aliphatic hydroxyl groups excluding tert-OH is 1. The van der Waals surface area contributed by atoms with Crippen LogP contribution in [0.15, 0.2) is 27.4 Å². The van der Waals surface area contributed by atoms with Gasteiger partial charge < -0.3 is 14.4 Å². The van der Waals surface area contributed by atoms with E-state index in [1.807, 2.05) is 13.0 Å². The van der Waals surface area contributed by atoms with E-state index >= 15 is 0 Å². The minimum Gasteiger partial charge on any atom is -0.423 e. The molecule has 0 saturated heterocycles. The fraction of sp³-hybridized carbons (Fsp3) is 0.526. The number of hydrogen-bond donors (Lipinski definition) is 1. The van der Waals surface area contributed by atoms with Crippen LogP contribution in [0.3, 0.4) is 0 Å². The SMILES string of the molecule is Cc1cc2oc(=O)cc(CN(C)CC3(CO)CCC3)c2cc1C. The van der Waals surface area contributed by atoms with Gasteiger partial charge in [0.1, 0.15) is 5.58 Å². The van der Waals surface area contributed by atoms with Gasteiger partial charge in [0.25, 0.3) is 0 Å². The molecular weight excluding hydrogens is 290 g/mol. The van der Waals surface area contributed by atoms with Gasteiger partial charge in [-0.3, -0.25) is 0 Å². The Hall–Kier alpha value is -1.65. The molecule has 0 bridgehead atoms. The molecule has 1 saturated carbocycles. The zero-order valence-electron chi connectivity index (χ0n) is 14.2. The number of hydrogen-bond acceptors (Lipinski definition) is 4. The molecule has 1 heterocycles. The van der Waals surface area contributed by atoms with Crippen molar-refractivity contribution >= 4 is 11.0 Å². The summed E-state index contributed by atoms with van der Waals surface area (Å²) in [6, 6.07) is 5.64. The van der Waals surface area contributed by atoms with Crippen molar-refractivity contribution in [3.8, 4) is 0 Å². The van der Waals surface area contributed by atoms with Crippen molar-refractivity contribution in [2.24, 2.45) is 5.41 Å². The van der Waals surface area contributed by atoms with E-state index in [2.05, 4.69) is 24.9 Å². The monoisotopic (exact) mass is 315 g/mol. The molecule has 124 valence electrons. The molecular formula is C19H25NO3. The average molecular weight is 315 g/mol. The number of aryl methyl sites for hydroxylation is 2. The Balaban J connectivity index is 1.90. The molecule has 4 nitrogen and oxygen atoms in total. The van der Waals surface area contributed by atoms with E-state index in [1.165, 1.54) is 12.0 Å². The van der Waals surface area contributed by atoms with E-state index in [9.17, 15) is 9.90 Å². The predicted molar refractivity (Wildman–Crippen MR) is 91.7 cm³/mol. The van der Waals surface area contributed by atoms with Gasteiger partial charge in [-0.15, -0.1) is 0 Å². The van der Waals surface area contributed by atoms with E-state index in [0.29, 0.717) is 12.1 Å². The topological polar surface area (TPSA) is 53.7 Å². The average Bonchev–Trinajstić information content (AvgIpc) is 2.45. The summed E-state index contributed by atoms with van der Waals surface area (Å²) in [5.74, 6) is 0. The number of benzene rings is 1. The Bertz CT molecular complexity index is 769. The lowest BCUT2D eigenvalue weighted by Gasteiger charge is -2.43. The largest absolute Gasteiger partial charge is 0.423 e. The number of aliphatic hydroxyl groups is 1. The van der Waals surface area contributed by atoms with Crippen molar-refractivity contribution in [2.45, 2.75) is 39.7 Å². The highest BCUT2D eigenvalue weighted by Crippen LogP contribution is 2.41. The molecule has 0 amide bonds. The standard InChI is InChI=1S/C19H25NO3/c1-13-7-16-15(9-18(22)23-17(16)8-14(13)2)10-20(3)11-19(12-21)5-4-6-19/h7-9,21H,4-6,10-12H2,1-3H3. The molecule has 0 spiro atoms. The number of nitrogens with zero attached hydrogens (tertiary/aromatic N) is 1. The first-order valence-electron chi connectivity index (χ1n) is 8.26. The van der Waals surface area contributed by atoms with E-state index in [0.717, 1.165) is 35.9 Å². The summed E-state index contributed by atoms with van der Waals surface area (Å²) in [5.41, 5.74) is 3.72. The predicted octanol–water partition coefficient (Wildman–Crippen LogP) is 3.00. The molecule has 3 rings (SSSR count). The summed E-state index contributed by atoms with van der Waals surface area (Å²) in [6.07, 6.45) is 3.37. The molecule has 4 heteroatoms. The van der Waals surface area contributed by atoms with Gasteiger partial charge in [0.05, 0.1) is 0 Å². The lowest BCUT2D eigenvalue weighted by Crippen LogP contribution is -2.43. The zero-order valence-corrected chi connectivity index (χ0v) is 14.2. The highest BCUT2D eigenvalue weighted by molar-refractivity contribution is 5.81. The Morgan fingerprint density at radius 3 is 2.52 bits per heavy atom. The molecule has 0 radical (unpaired) electrons. The van der Waals surface area contributed by atoms with Gasteiger partial charge in [-0.05, 0) is 62.6 Å². The van der Waals surface area contributed by atoms with E-state index < -0.39 is 0 Å². The third kappa shape index (κ3) is 3.19. The minimum atomic E-state index is -0.301. The van der Waals surface area contributed by atoms with Crippen LogP contribution in [0.1, 0.15) is 36.0 Å². The molecule has 0 atom stereocenters. The molecule has 0 unspecified atom stereocenters. The Labute approximate surface area is 136 Å². The van der Waals surface area contributed by atoms with Crippen LogP contribution in [0.4, 0.5) is 0 Å². The van der Waals surface area contributed by atoms with Gasteiger partial charge in [-0.25, -0.2) is 4.79 Å². The maximum atomic E-state index is 11.9. The Kier molecular flexibility index (Phi) is 4.30. The maximum absolute atomic E-state index is 11.9. The van der Waals surface area contributed by atoms with Gasteiger partial charge in [0.2, 0.25) is 0 Å². The van der Waals surface area contributed by atoms with E-state index in [4.69, 9.17) is 4.42 Å². The first-order chi connectivity index (χ1) is 10.9. The van der Waals surface area contributed by atoms with Crippen molar-refractivity contribution in [3.63, 3.8) is 0 Å². The number of rotatable bonds is 5. The third-order valence-corrected chi connectivity index (χ3v) is 5.24. The lowest BCUT2D eigenvalue weighted by molar-refractivity contribution is 0.0128. The fourth-order valence-electron chi connectivity index (χ4n) is 3.58. The van der Waals surface area contributed by atoms with Gasteiger partial charge >= 0.3 is 5.63 Å². The van der Waals surface area contributed by atoms with E-state index in [1.54, 1.807) is 6.07 Å². The summed E-state index contributed by atoms with van der Waals surface area (Å²) in [6.45, 7) is 5.88. The normalized spacial score (nSPS) is 16.7. The minimum absolute atomic E-state index is 0.0521. The highest BCUT2D eigenvalue weighted by Gasteiger charge is 2.37. The summed E-state index contributed by atoms with van der Waals surface area (Å²) in [4.78, 5) is 14.1. The quantitative estimate of drug-likeness (QED) is 0.862. The summed E-state index contributed by atoms with van der Waals surface area (Å²) >= 11 is 0. The first-order valence-corrected chi connectivity index (χ1v) is 8.26. The van der Waals surface area contributed by atoms with Crippen LogP contribution in [0.5, 0.6) is 0 Å². The molecule has 1 aromatic carbocycles. The van der Waals surface area contributed by atoms with Crippen molar-refractivity contribution in [1.82, 2.24) is 4.90 Å². The van der Waals surface area contributed by atoms with Crippen LogP contribution < -0.4 is 5.63 Å². The van der Waals surface area contributed by atoms with Crippen molar-refractivity contribution in [3.05, 3.63) is 45.3 Å². The molecule has 1 aromatic heterocycles. The number of fused-ring (bicyclic) bond motifs is 1. The van der Waals surface area contributed by atoms with Crippen LogP contribution in [-0.2, 0) is 6.54 Å². The van der Waals surface area contributed by atoms with Gasteiger partial charge in [0, 0.05) is 36.6 Å². The smallest absolute Gasteiger partial charge is 0.336 e. The van der Waals surface area contributed by atoms with Gasteiger partial charge in [-0.2, -0.15) is 0 Å². The molecule has 1 fully saturated rings. The zero-order chi connectivity index (χ0) is 16.6. The van der Waals surface area contributed by atoms with Crippen LogP contribution in [-0.4, -0.2) is 30.2 Å². The van der Waals surface area contributed by atoms with E-state index in [-0.39, 0.29) is 17.6 Å². The first kappa shape index (κ1) is 16.2. The molecule has 23 heavy (non-hydrogen) atoms. The molecule has 2 aromatic rings. The van der Waals surface area contributed by atoms with Crippen LogP contribution in [0.25, 0.3) is 11.0 Å². The van der Waals surface area contributed by atoms with Gasteiger partial charge in [-0.1, -0.05) is 6.42 Å². The maximum Gasteiger partial charge on any atom is 0.336 e. The molecule has 1 aliphatic rings. The molecule has 1 aliphatic carbocycles. The Morgan fingerprint density at radius 1 is 1.22 bits per heavy atom. The molecule has 0 aliphatic heterocycles. The van der Waals surface area contributed by atoms with Crippen LogP contribution in [0.2, 0.25) is 0 Å². The van der Waals surface area contributed by atoms with Crippen LogP contribution >= 0.6 is 0 Å². The van der Waals surface area contributed by atoms with Crippen molar-refractivity contribution in [2.75, 3.05) is 20.2 Å². The summed E-state index contributed by atoms with van der Waals surface area (Å²) in [7, 11) is 2.05.